The molecule has 1 N–H and O–H groups in total. The Morgan fingerprint density at radius 1 is 1.37 bits per heavy atom. The van der Waals surface area contributed by atoms with Gasteiger partial charge in [0.2, 0.25) is 0 Å². The number of carbonyl (C=O) groups is 1. The quantitative estimate of drug-likeness (QED) is 0.838. The Labute approximate surface area is 112 Å². The van der Waals surface area contributed by atoms with Crippen LogP contribution in [0.25, 0.3) is 10.9 Å². The van der Waals surface area contributed by atoms with Crippen LogP contribution in [0, 0.1) is 0 Å². The van der Waals surface area contributed by atoms with Crippen molar-refractivity contribution in [3.8, 4) is 0 Å². The van der Waals surface area contributed by atoms with Gasteiger partial charge in [-0.25, -0.2) is 0 Å². The fraction of sp³-hybridized carbons (Fsp3) is 0.333. The summed E-state index contributed by atoms with van der Waals surface area (Å²) < 4.78 is 4.69. The van der Waals surface area contributed by atoms with E-state index in [0.29, 0.717) is 0 Å². The third-order valence-electron chi connectivity index (χ3n) is 2.89. The van der Waals surface area contributed by atoms with Gasteiger partial charge in [0.05, 0.1) is 24.7 Å². The minimum Gasteiger partial charge on any atom is -0.469 e. The highest BCUT2D eigenvalue weighted by molar-refractivity contribution is 5.91. The molecule has 0 fully saturated rings. The smallest absolute Gasteiger partial charge is 0.311 e. The molecule has 1 aromatic carbocycles. The van der Waals surface area contributed by atoms with Gasteiger partial charge in [0.15, 0.2) is 0 Å². The summed E-state index contributed by atoms with van der Waals surface area (Å²) in [7, 11) is 1.39. The van der Waals surface area contributed by atoms with E-state index < -0.39 is 0 Å². The van der Waals surface area contributed by atoms with E-state index in [9.17, 15) is 4.79 Å². The highest BCUT2D eigenvalue weighted by atomic mass is 16.5. The molecular formula is C15H18N2O2. The maximum absolute atomic E-state index is 11.4. The number of benzene rings is 1. The number of anilines is 1. The molecular weight excluding hydrogens is 240 g/mol. The number of esters is 1. The van der Waals surface area contributed by atoms with E-state index in [2.05, 4.69) is 22.0 Å². The number of nitrogens with one attached hydrogen (secondary N) is 1. The zero-order chi connectivity index (χ0) is 13.7. The van der Waals surface area contributed by atoms with Crippen LogP contribution < -0.4 is 5.32 Å². The second-order valence-electron chi connectivity index (χ2n) is 4.36. The molecule has 100 valence electrons. The van der Waals surface area contributed by atoms with Crippen molar-refractivity contribution < 1.29 is 9.53 Å². The van der Waals surface area contributed by atoms with Crippen molar-refractivity contribution in [2.45, 2.75) is 19.8 Å². The summed E-state index contributed by atoms with van der Waals surface area (Å²) in [5, 5.41) is 4.45. The molecule has 0 saturated carbocycles. The largest absolute Gasteiger partial charge is 0.469 e. The van der Waals surface area contributed by atoms with Gasteiger partial charge in [-0.05, 0) is 18.6 Å². The van der Waals surface area contributed by atoms with Crippen LogP contribution in [0.5, 0.6) is 0 Å². The van der Waals surface area contributed by atoms with Crippen molar-refractivity contribution in [1.29, 1.82) is 0 Å². The summed E-state index contributed by atoms with van der Waals surface area (Å²) in [6, 6.07) is 9.84. The van der Waals surface area contributed by atoms with Crippen LogP contribution in [-0.2, 0) is 16.0 Å². The highest BCUT2D eigenvalue weighted by Gasteiger charge is 2.09. The molecule has 19 heavy (non-hydrogen) atoms. The van der Waals surface area contributed by atoms with E-state index in [4.69, 9.17) is 0 Å². The van der Waals surface area contributed by atoms with Crippen molar-refractivity contribution in [2.24, 2.45) is 0 Å². The number of para-hydroxylation sites is 1. The summed E-state index contributed by atoms with van der Waals surface area (Å²) in [5.74, 6) is -0.274. The second kappa shape index (κ2) is 6.18. The molecule has 0 amide bonds. The van der Waals surface area contributed by atoms with Crippen molar-refractivity contribution in [2.75, 3.05) is 19.0 Å². The van der Waals surface area contributed by atoms with Crippen molar-refractivity contribution in [3.05, 3.63) is 36.0 Å². The van der Waals surface area contributed by atoms with Gasteiger partial charge in [0.25, 0.3) is 0 Å². The summed E-state index contributed by atoms with van der Waals surface area (Å²) >= 11 is 0. The van der Waals surface area contributed by atoms with E-state index in [0.717, 1.165) is 35.2 Å². The van der Waals surface area contributed by atoms with Crippen molar-refractivity contribution in [1.82, 2.24) is 4.98 Å². The Bertz CT molecular complexity index is 581. The molecule has 0 aliphatic rings. The number of rotatable bonds is 5. The molecule has 1 heterocycles. The number of methoxy groups -OCH3 is 1. The maximum atomic E-state index is 11.4. The van der Waals surface area contributed by atoms with Gasteiger partial charge in [0.1, 0.15) is 0 Å². The number of fused-ring (bicyclic) bond motifs is 1. The van der Waals surface area contributed by atoms with Crippen LogP contribution >= 0.6 is 0 Å². The van der Waals surface area contributed by atoms with Gasteiger partial charge in [-0.15, -0.1) is 0 Å². The molecule has 2 rings (SSSR count). The Kier molecular flexibility index (Phi) is 4.34. The SMILES string of the molecule is CCCNc1cc(CC(=O)OC)nc2ccccc12. The van der Waals surface area contributed by atoms with Gasteiger partial charge in [-0.1, -0.05) is 25.1 Å². The fourth-order valence-electron chi connectivity index (χ4n) is 1.95. The predicted molar refractivity (Wildman–Crippen MR) is 76.2 cm³/mol. The van der Waals surface area contributed by atoms with Crippen LogP contribution in [-0.4, -0.2) is 24.6 Å². The average Bonchev–Trinajstić information content (AvgIpc) is 2.44. The Morgan fingerprint density at radius 3 is 2.89 bits per heavy atom. The maximum Gasteiger partial charge on any atom is 0.311 e. The third-order valence-corrected chi connectivity index (χ3v) is 2.89. The lowest BCUT2D eigenvalue weighted by Crippen LogP contribution is -2.08. The molecule has 1 aromatic heterocycles. The minimum atomic E-state index is -0.274. The lowest BCUT2D eigenvalue weighted by molar-refractivity contribution is -0.139. The Hall–Kier alpha value is -2.10. The normalized spacial score (nSPS) is 10.4. The second-order valence-corrected chi connectivity index (χ2v) is 4.36. The molecule has 0 radical (unpaired) electrons. The lowest BCUT2D eigenvalue weighted by Gasteiger charge is -2.11. The van der Waals surface area contributed by atoms with Crippen molar-refractivity contribution >= 4 is 22.6 Å². The van der Waals surface area contributed by atoms with E-state index in [-0.39, 0.29) is 12.4 Å². The van der Waals surface area contributed by atoms with Crippen molar-refractivity contribution in [3.63, 3.8) is 0 Å². The number of pyridine rings is 1. The van der Waals surface area contributed by atoms with Crippen LogP contribution in [0.4, 0.5) is 5.69 Å². The molecule has 0 unspecified atom stereocenters. The zero-order valence-corrected chi connectivity index (χ0v) is 11.3. The van der Waals surface area contributed by atoms with E-state index in [1.54, 1.807) is 0 Å². The zero-order valence-electron chi connectivity index (χ0n) is 11.3. The molecule has 0 spiro atoms. The van der Waals surface area contributed by atoms with Crippen LogP contribution in [0.2, 0.25) is 0 Å². The highest BCUT2D eigenvalue weighted by Crippen LogP contribution is 2.23. The number of aromatic nitrogens is 1. The lowest BCUT2D eigenvalue weighted by atomic mass is 10.1. The van der Waals surface area contributed by atoms with E-state index in [1.165, 1.54) is 7.11 Å². The van der Waals surface area contributed by atoms with Gasteiger partial charge < -0.3 is 10.1 Å². The molecule has 0 saturated heterocycles. The van der Waals surface area contributed by atoms with E-state index in [1.807, 2.05) is 30.3 Å². The molecule has 4 heteroatoms. The monoisotopic (exact) mass is 258 g/mol. The fourth-order valence-corrected chi connectivity index (χ4v) is 1.95. The number of hydrogen-bond donors (Lipinski definition) is 1. The first-order chi connectivity index (χ1) is 9.24. The minimum absolute atomic E-state index is 0.197. The van der Waals surface area contributed by atoms with Crippen LogP contribution in [0.1, 0.15) is 19.0 Å². The Morgan fingerprint density at radius 2 is 2.16 bits per heavy atom. The molecule has 4 nitrogen and oxygen atoms in total. The topological polar surface area (TPSA) is 51.2 Å². The first kappa shape index (κ1) is 13.3. The van der Waals surface area contributed by atoms with Gasteiger partial charge in [-0.2, -0.15) is 0 Å². The number of hydrogen-bond acceptors (Lipinski definition) is 4. The van der Waals surface area contributed by atoms with Gasteiger partial charge in [0, 0.05) is 17.6 Å². The first-order valence-electron chi connectivity index (χ1n) is 6.44. The standard InChI is InChI=1S/C15H18N2O2/c1-3-8-16-14-9-11(10-15(18)19-2)17-13-7-5-4-6-12(13)14/h4-7,9H,3,8,10H2,1-2H3,(H,16,17). The summed E-state index contributed by atoms with van der Waals surface area (Å²) in [5.41, 5.74) is 2.64. The summed E-state index contributed by atoms with van der Waals surface area (Å²) in [6.07, 6.45) is 1.24. The average molecular weight is 258 g/mol. The first-order valence-corrected chi connectivity index (χ1v) is 6.44. The number of carbonyl (C=O) groups excluding carboxylic acids is 1. The summed E-state index contributed by atoms with van der Waals surface area (Å²) in [6.45, 7) is 3.01. The number of nitrogens with zero attached hydrogens (tertiary/aromatic N) is 1. The molecule has 0 bridgehead atoms. The van der Waals surface area contributed by atoms with Gasteiger partial charge in [-0.3, -0.25) is 9.78 Å². The molecule has 0 aliphatic carbocycles. The molecule has 0 aliphatic heterocycles. The third kappa shape index (κ3) is 3.22. The summed E-state index contributed by atoms with van der Waals surface area (Å²) in [4.78, 5) is 15.9. The molecule has 0 atom stereocenters. The Balaban J connectivity index is 2.40. The van der Waals surface area contributed by atoms with Crippen LogP contribution in [0.3, 0.4) is 0 Å². The van der Waals surface area contributed by atoms with Crippen LogP contribution in [0.15, 0.2) is 30.3 Å². The van der Waals surface area contributed by atoms with E-state index >= 15 is 0 Å². The number of ether oxygens (including phenoxy) is 1. The van der Waals surface area contributed by atoms with Gasteiger partial charge >= 0.3 is 5.97 Å². The predicted octanol–water partition coefficient (Wildman–Crippen LogP) is 2.77. The molecule has 2 aromatic rings.